The zero-order chi connectivity index (χ0) is 15.6. The van der Waals surface area contributed by atoms with Gasteiger partial charge in [0, 0.05) is 17.5 Å². The van der Waals surface area contributed by atoms with Gasteiger partial charge in [-0.25, -0.2) is 8.78 Å². The standard InChI is InChI=1S/C15H13BrClF2NO/c16-12-5-8(1-4-14(12)19)15(21)11(7-20)10-3-2-9(18)6-13(10)17/h1-6,11,15,21H,7,20H2. The first-order valence-electron chi connectivity index (χ1n) is 6.22. The third kappa shape index (κ3) is 3.61. The maximum atomic E-state index is 13.3. The minimum atomic E-state index is -0.977. The lowest BCUT2D eigenvalue weighted by atomic mass is 9.89. The van der Waals surface area contributed by atoms with Crippen molar-refractivity contribution in [1.82, 2.24) is 0 Å². The van der Waals surface area contributed by atoms with Gasteiger partial charge in [-0.15, -0.1) is 0 Å². The molecule has 6 heteroatoms. The summed E-state index contributed by atoms with van der Waals surface area (Å²) in [7, 11) is 0. The molecule has 2 rings (SSSR count). The highest BCUT2D eigenvalue weighted by atomic mass is 79.9. The van der Waals surface area contributed by atoms with Crippen LogP contribution in [0.25, 0.3) is 0 Å². The fourth-order valence-corrected chi connectivity index (χ4v) is 2.86. The van der Waals surface area contributed by atoms with Gasteiger partial charge in [-0.1, -0.05) is 23.7 Å². The number of halogens is 4. The summed E-state index contributed by atoms with van der Waals surface area (Å²) in [5.41, 5.74) is 6.77. The lowest BCUT2D eigenvalue weighted by molar-refractivity contribution is 0.147. The average molecular weight is 377 g/mol. The van der Waals surface area contributed by atoms with Gasteiger partial charge in [0.25, 0.3) is 0 Å². The maximum Gasteiger partial charge on any atom is 0.137 e. The Morgan fingerprint density at radius 3 is 2.48 bits per heavy atom. The zero-order valence-electron chi connectivity index (χ0n) is 10.9. The quantitative estimate of drug-likeness (QED) is 0.842. The number of rotatable bonds is 4. The summed E-state index contributed by atoms with van der Waals surface area (Å²) in [4.78, 5) is 0. The van der Waals surface area contributed by atoms with Crippen LogP contribution < -0.4 is 5.73 Å². The predicted molar refractivity (Wildman–Crippen MR) is 82.3 cm³/mol. The number of benzene rings is 2. The lowest BCUT2D eigenvalue weighted by Gasteiger charge is -2.23. The second kappa shape index (κ2) is 6.83. The molecule has 0 aromatic heterocycles. The van der Waals surface area contributed by atoms with Crippen LogP contribution in [0.5, 0.6) is 0 Å². The van der Waals surface area contributed by atoms with E-state index in [2.05, 4.69) is 15.9 Å². The van der Waals surface area contributed by atoms with Crippen LogP contribution in [-0.4, -0.2) is 11.7 Å². The third-order valence-electron chi connectivity index (χ3n) is 3.28. The summed E-state index contributed by atoms with van der Waals surface area (Å²) in [5, 5.41) is 10.7. The first kappa shape index (κ1) is 16.4. The molecule has 0 heterocycles. The van der Waals surface area contributed by atoms with E-state index in [0.29, 0.717) is 11.1 Å². The highest BCUT2D eigenvalue weighted by molar-refractivity contribution is 9.10. The summed E-state index contributed by atoms with van der Waals surface area (Å²) in [5.74, 6) is -1.40. The van der Waals surface area contributed by atoms with Crippen LogP contribution in [0.4, 0.5) is 8.78 Å². The highest BCUT2D eigenvalue weighted by Crippen LogP contribution is 2.35. The minimum absolute atomic E-state index is 0.113. The van der Waals surface area contributed by atoms with E-state index >= 15 is 0 Å². The molecule has 3 N–H and O–H groups in total. The second-order valence-electron chi connectivity index (χ2n) is 4.63. The van der Waals surface area contributed by atoms with Crippen molar-refractivity contribution in [3.8, 4) is 0 Å². The third-order valence-corrected chi connectivity index (χ3v) is 4.22. The topological polar surface area (TPSA) is 46.2 Å². The maximum absolute atomic E-state index is 13.3. The normalized spacial score (nSPS) is 14.0. The van der Waals surface area contributed by atoms with Gasteiger partial charge in [-0.05, 0) is 51.3 Å². The van der Waals surface area contributed by atoms with Crippen LogP contribution in [0.15, 0.2) is 40.9 Å². The summed E-state index contributed by atoms with van der Waals surface area (Å²) < 4.78 is 26.6. The minimum Gasteiger partial charge on any atom is -0.388 e. The molecule has 2 aromatic carbocycles. The summed E-state index contributed by atoms with van der Waals surface area (Å²) in [6, 6.07) is 8.15. The molecule has 112 valence electrons. The van der Waals surface area contributed by atoms with Crippen molar-refractivity contribution in [1.29, 1.82) is 0 Å². The van der Waals surface area contributed by atoms with Gasteiger partial charge in [0.1, 0.15) is 11.6 Å². The molecule has 2 aromatic rings. The fraction of sp³-hybridized carbons (Fsp3) is 0.200. The van der Waals surface area contributed by atoms with Crippen molar-refractivity contribution in [2.45, 2.75) is 12.0 Å². The van der Waals surface area contributed by atoms with Gasteiger partial charge >= 0.3 is 0 Å². The molecular formula is C15H13BrClF2NO. The first-order chi connectivity index (χ1) is 9.93. The fourth-order valence-electron chi connectivity index (χ4n) is 2.16. The van der Waals surface area contributed by atoms with Gasteiger partial charge in [-0.3, -0.25) is 0 Å². The zero-order valence-corrected chi connectivity index (χ0v) is 13.2. The Hall–Kier alpha value is -1.01. The number of nitrogens with two attached hydrogens (primary N) is 1. The predicted octanol–water partition coefficient (Wildman–Crippen LogP) is 4.16. The van der Waals surface area contributed by atoms with Gasteiger partial charge in [0.15, 0.2) is 0 Å². The van der Waals surface area contributed by atoms with Crippen molar-refractivity contribution in [3.63, 3.8) is 0 Å². The monoisotopic (exact) mass is 375 g/mol. The summed E-state index contributed by atoms with van der Waals surface area (Å²) >= 11 is 9.09. The van der Waals surface area contributed by atoms with Crippen molar-refractivity contribution >= 4 is 27.5 Å². The van der Waals surface area contributed by atoms with Gasteiger partial charge in [0.05, 0.1) is 10.6 Å². The van der Waals surface area contributed by atoms with Crippen LogP contribution in [0, 0.1) is 11.6 Å². The molecule has 0 spiro atoms. The van der Waals surface area contributed by atoms with E-state index in [9.17, 15) is 13.9 Å². The number of hydrogen-bond acceptors (Lipinski definition) is 2. The molecule has 0 fully saturated rings. The molecule has 0 bridgehead atoms. The van der Waals surface area contributed by atoms with E-state index in [0.717, 1.165) is 0 Å². The largest absolute Gasteiger partial charge is 0.388 e. The SMILES string of the molecule is NCC(c1ccc(F)cc1Cl)C(O)c1ccc(F)c(Br)c1. The van der Waals surface area contributed by atoms with Crippen LogP contribution >= 0.6 is 27.5 Å². The molecule has 0 amide bonds. The van der Waals surface area contributed by atoms with Crippen LogP contribution in [-0.2, 0) is 0 Å². The lowest BCUT2D eigenvalue weighted by Crippen LogP contribution is -2.20. The molecule has 0 aliphatic carbocycles. The van der Waals surface area contributed by atoms with Gasteiger partial charge in [0.2, 0.25) is 0 Å². The second-order valence-corrected chi connectivity index (χ2v) is 5.89. The molecule has 2 atom stereocenters. The van der Waals surface area contributed by atoms with Crippen LogP contribution in [0.2, 0.25) is 5.02 Å². The molecule has 0 saturated carbocycles. The molecule has 0 radical (unpaired) electrons. The number of aliphatic hydroxyl groups is 1. The molecule has 2 nitrogen and oxygen atoms in total. The Morgan fingerprint density at radius 1 is 1.19 bits per heavy atom. The molecule has 0 saturated heterocycles. The molecule has 0 aliphatic rings. The smallest absolute Gasteiger partial charge is 0.137 e. The Balaban J connectivity index is 2.37. The Kier molecular flexibility index (Phi) is 5.32. The summed E-state index contributed by atoms with van der Waals surface area (Å²) in [6.45, 7) is 0.113. The molecule has 21 heavy (non-hydrogen) atoms. The van der Waals surface area contributed by atoms with E-state index in [4.69, 9.17) is 17.3 Å². The van der Waals surface area contributed by atoms with E-state index in [-0.39, 0.29) is 16.0 Å². The van der Waals surface area contributed by atoms with Gasteiger partial charge in [-0.2, -0.15) is 0 Å². The molecular weight excluding hydrogens is 364 g/mol. The van der Waals surface area contributed by atoms with E-state index in [1.807, 2.05) is 0 Å². The Labute approximate surface area is 134 Å². The van der Waals surface area contributed by atoms with Crippen LogP contribution in [0.3, 0.4) is 0 Å². The van der Waals surface area contributed by atoms with Crippen molar-refractivity contribution in [3.05, 3.63) is 68.7 Å². The number of aliphatic hydroxyl groups excluding tert-OH is 1. The molecule has 2 unspecified atom stereocenters. The molecule has 0 aliphatic heterocycles. The Bertz CT molecular complexity index is 654. The van der Waals surface area contributed by atoms with E-state index in [1.54, 1.807) is 0 Å². The average Bonchev–Trinajstić information content (AvgIpc) is 2.44. The summed E-state index contributed by atoms with van der Waals surface area (Å²) in [6.07, 6.45) is -0.977. The van der Waals surface area contributed by atoms with E-state index in [1.165, 1.54) is 36.4 Å². The van der Waals surface area contributed by atoms with Crippen molar-refractivity contribution in [2.24, 2.45) is 5.73 Å². The first-order valence-corrected chi connectivity index (χ1v) is 7.39. The highest BCUT2D eigenvalue weighted by Gasteiger charge is 2.24. The van der Waals surface area contributed by atoms with E-state index < -0.39 is 23.7 Å². The van der Waals surface area contributed by atoms with Crippen molar-refractivity contribution < 1.29 is 13.9 Å². The Morgan fingerprint density at radius 2 is 1.90 bits per heavy atom. The number of hydrogen-bond donors (Lipinski definition) is 2. The van der Waals surface area contributed by atoms with Crippen molar-refractivity contribution in [2.75, 3.05) is 6.54 Å². The van der Waals surface area contributed by atoms with Gasteiger partial charge < -0.3 is 10.8 Å². The van der Waals surface area contributed by atoms with Crippen LogP contribution in [0.1, 0.15) is 23.1 Å².